The highest BCUT2D eigenvalue weighted by molar-refractivity contribution is 8.00. The van der Waals surface area contributed by atoms with E-state index in [0.717, 1.165) is 4.90 Å². The van der Waals surface area contributed by atoms with E-state index in [9.17, 15) is 4.79 Å². The van der Waals surface area contributed by atoms with E-state index in [2.05, 4.69) is 68.6 Å². The highest BCUT2D eigenvalue weighted by atomic mass is 32.2. The Bertz CT molecular complexity index is 679. The maximum Gasteiger partial charge on any atom is 0.233 e. The lowest BCUT2D eigenvalue weighted by atomic mass is 10.00. The molecule has 2 nitrogen and oxygen atoms in total. The second kappa shape index (κ2) is 7.69. The molecule has 0 heterocycles. The van der Waals surface area contributed by atoms with Gasteiger partial charge in [-0.15, -0.1) is 11.8 Å². The standard InChI is InChI=1S/C20H25NOS/c1-13-7-10-18(11-8-13)23-17(5)20(22)21-16(4)19-12-14(2)6-9-15(19)3/h6-12,16-17H,1-5H3,(H,21,22)/t16-,17-/m1/s1. The fourth-order valence-corrected chi connectivity index (χ4v) is 3.39. The van der Waals surface area contributed by atoms with Crippen LogP contribution in [0.25, 0.3) is 0 Å². The minimum Gasteiger partial charge on any atom is -0.349 e. The highest BCUT2D eigenvalue weighted by Gasteiger charge is 2.18. The van der Waals surface area contributed by atoms with E-state index in [1.54, 1.807) is 11.8 Å². The van der Waals surface area contributed by atoms with Gasteiger partial charge in [-0.3, -0.25) is 4.79 Å². The van der Waals surface area contributed by atoms with Gasteiger partial charge in [0.05, 0.1) is 11.3 Å². The zero-order valence-corrected chi connectivity index (χ0v) is 15.3. The number of aryl methyl sites for hydroxylation is 3. The largest absolute Gasteiger partial charge is 0.349 e. The molecule has 0 aliphatic heterocycles. The van der Waals surface area contributed by atoms with Crippen molar-refractivity contribution in [1.29, 1.82) is 0 Å². The van der Waals surface area contributed by atoms with Gasteiger partial charge in [0.1, 0.15) is 0 Å². The van der Waals surface area contributed by atoms with Crippen molar-refractivity contribution in [2.75, 3.05) is 0 Å². The van der Waals surface area contributed by atoms with Crippen LogP contribution in [-0.4, -0.2) is 11.2 Å². The van der Waals surface area contributed by atoms with Gasteiger partial charge in [-0.25, -0.2) is 0 Å². The third-order valence-electron chi connectivity index (χ3n) is 3.96. The summed E-state index contributed by atoms with van der Waals surface area (Å²) in [5, 5.41) is 3.02. The summed E-state index contributed by atoms with van der Waals surface area (Å²) >= 11 is 1.59. The summed E-state index contributed by atoms with van der Waals surface area (Å²) in [6.45, 7) is 10.2. The Labute approximate surface area is 143 Å². The summed E-state index contributed by atoms with van der Waals surface area (Å²) in [7, 11) is 0. The van der Waals surface area contributed by atoms with Gasteiger partial charge in [0.25, 0.3) is 0 Å². The molecule has 0 saturated heterocycles. The third-order valence-corrected chi connectivity index (χ3v) is 5.08. The molecule has 0 radical (unpaired) electrons. The normalized spacial score (nSPS) is 13.4. The van der Waals surface area contributed by atoms with Crippen LogP contribution in [0.1, 0.15) is 42.1 Å². The molecule has 2 aromatic carbocycles. The molecule has 3 heteroatoms. The number of thioether (sulfide) groups is 1. The van der Waals surface area contributed by atoms with E-state index < -0.39 is 0 Å². The van der Waals surface area contributed by atoms with E-state index in [1.807, 2.05) is 13.8 Å². The first kappa shape index (κ1) is 17.6. The predicted molar refractivity (Wildman–Crippen MR) is 99.0 cm³/mol. The maximum atomic E-state index is 12.5. The molecule has 2 rings (SSSR count). The Morgan fingerprint density at radius 1 is 0.957 bits per heavy atom. The number of nitrogens with one attached hydrogen (secondary N) is 1. The average Bonchev–Trinajstić information content (AvgIpc) is 2.51. The van der Waals surface area contributed by atoms with Crippen LogP contribution in [0.15, 0.2) is 47.4 Å². The number of carbonyl (C=O) groups is 1. The Balaban J connectivity index is 2.00. The van der Waals surface area contributed by atoms with Crippen LogP contribution in [0.5, 0.6) is 0 Å². The van der Waals surface area contributed by atoms with Crippen molar-refractivity contribution in [1.82, 2.24) is 5.32 Å². The highest BCUT2D eigenvalue weighted by Crippen LogP contribution is 2.25. The topological polar surface area (TPSA) is 29.1 Å². The van der Waals surface area contributed by atoms with E-state index in [4.69, 9.17) is 0 Å². The van der Waals surface area contributed by atoms with E-state index in [1.165, 1.54) is 22.3 Å². The maximum absolute atomic E-state index is 12.5. The average molecular weight is 327 g/mol. The molecule has 0 unspecified atom stereocenters. The number of rotatable bonds is 5. The van der Waals surface area contributed by atoms with Gasteiger partial charge < -0.3 is 5.32 Å². The van der Waals surface area contributed by atoms with Crippen molar-refractivity contribution in [2.24, 2.45) is 0 Å². The first-order valence-electron chi connectivity index (χ1n) is 7.97. The molecule has 2 atom stereocenters. The molecule has 1 N–H and O–H groups in total. The smallest absolute Gasteiger partial charge is 0.233 e. The number of benzene rings is 2. The molecule has 0 bridgehead atoms. The lowest BCUT2D eigenvalue weighted by Gasteiger charge is -2.20. The van der Waals surface area contributed by atoms with Crippen molar-refractivity contribution in [2.45, 2.75) is 50.8 Å². The lowest BCUT2D eigenvalue weighted by Crippen LogP contribution is -2.33. The second-order valence-corrected chi connectivity index (χ2v) is 7.58. The molecule has 1 amide bonds. The molecular weight excluding hydrogens is 302 g/mol. The molecule has 0 aliphatic carbocycles. The Kier molecular flexibility index (Phi) is 5.89. The van der Waals surface area contributed by atoms with Crippen molar-refractivity contribution >= 4 is 17.7 Å². The molecule has 0 saturated carbocycles. The lowest BCUT2D eigenvalue weighted by molar-refractivity contribution is -0.120. The van der Waals surface area contributed by atoms with Crippen molar-refractivity contribution in [3.63, 3.8) is 0 Å². The Morgan fingerprint density at radius 2 is 1.57 bits per heavy atom. The van der Waals surface area contributed by atoms with Gasteiger partial charge in [-0.2, -0.15) is 0 Å². The summed E-state index contributed by atoms with van der Waals surface area (Å²) in [5.41, 5.74) is 4.84. The molecule has 23 heavy (non-hydrogen) atoms. The molecular formula is C20H25NOS. The first-order valence-corrected chi connectivity index (χ1v) is 8.85. The van der Waals surface area contributed by atoms with Gasteiger partial charge in [-0.1, -0.05) is 41.5 Å². The van der Waals surface area contributed by atoms with Crippen LogP contribution in [0, 0.1) is 20.8 Å². The summed E-state index contributed by atoms with van der Waals surface area (Å²) in [6, 6.07) is 14.7. The number of hydrogen-bond donors (Lipinski definition) is 1. The van der Waals surface area contributed by atoms with Gasteiger partial charge in [0.2, 0.25) is 5.91 Å². The summed E-state index contributed by atoms with van der Waals surface area (Å²) in [4.78, 5) is 13.6. The number of hydrogen-bond acceptors (Lipinski definition) is 2. The zero-order valence-electron chi connectivity index (χ0n) is 14.5. The molecule has 0 aliphatic rings. The van der Waals surface area contributed by atoms with Gasteiger partial charge in [-0.05, 0) is 57.9 Å². The van der Waals surface area contributed by atoms with E-state index in [-0.39, 0.29) is 17.2 Å². The predicted octanol–water partition coefficient (Wildman–Crippen LogP) is 4.97. The fourth-order valence-electron chi connectivity index (χ4n) is 2.51. The van der Waals surface area contributed by atoms with Crippen molar-refractivity contribution in [3.8, 4) is 0 Å². The minimum atomic E-state index is -0.120. The molecule has 122 valence electrons. The van der Waals surface area contributed by atoms with Gasteiger partial charge >= 0.3 is 0 Å². The summed E-state index contributed by atoms with van der Waals surface area (Å²) in [5.74, 6) is 0.0731. The van der Waals surface area contributed by atoms with Gasteiger partial charge in [0, 0.05) is 4.90 Å². The number of carbonyl (C=O) groups excluding carboxylic acids is 1. The van der Waals surface area contributed by atoms with Crippen LogP contribution in [0.2, 0.25) is 0 Å². The van der Waals surface area contributed by atoms with Gasteiger partial charge in [0.15, 0.2) is 0 Å². The molecule has 2 aromatic rings. The van der Waals surface area contributed by atoms with Crippen molar-refractivity contribution < 1.29 is 4.79 Å². The van der Waals surface area contributed by atoms with Crippen molar-refractivity contribution in [3.05, 3.63) is 64.7 Å². The minimum absolute atomic E-state index is 0.0171. The van der Waals surface area contributed by atoms with Crippen LogP contribution in [0.3, 0.4) is 0 Å². The monoisotopic (exact) mass is 327 g/mol. The zero-order chi connectivity index (χ0) is 17.0. The first-order chi connectivity index (χ1) is 10.9. The second-order valence-electron chi connectivity index (χ2n) is 6.16. The Morgan fingerprint density at radius 3 is 2.22 bits per heavy atom. The van der Waals surface area contributed by atoms with Crippen LogP contribution in [-0.2, 0) is 4.79 Å². The van der Waals surface area contributed by atoms with E-state index >= 15 is 0 Å². The SMILES string of the molecule is Cc1ccc(S[C@H](C)C(=O)N[C@H](C)c2cc(C)ccc2C)cc1. The molecule has 0 fully saturated rings. The molecule has 0 aromatic heterocycles. The number of amides is 1. The third kappa shape index (κ3) is 4.87. The summed E-state index contributed by atoms with van der Waals surface area (Å²) in [6.07, 6.45) is 0. The van der Waals surface area contributed by atoms with Crippen LogP contribution < -0.4 is 5.32 Å². The fraction of sp³-hybridized carbons (Fsp3) is 0.350. The van der Waals surface area contributed by atoms with Crippen LogP contribution in [0.4, 0.5) is 0 Å². The van der Waals surface area contributed by atoms with Crippen LogP contribution >= 0.6 is 11.8 Å². The van der Waals surface area contributed by atoms with E-state index in [0.29, 0.717) is 0 Å². The molecule has 0 spiro atoms. The summed E-state index contributed by atoms with van der Waals surface area (Å²) < 4.78 is 0. The quantitative estimate of drug-likeness (QED) is 0.786. The Hall–Kier alpha value is -1.74.